The zero-order valence-corrected chi connectivity index (χ0v) is 13.9. The Balaban J connectivity index is 1.41. The lowest BCUT2D eigenvalue weighted by Crippen LogP contribution is -2.44. The molecule has 126 valence electrons. The van der Waals surface area contributed by atoms with Gasteiger partial charge in [-0.15, -0.1) is 0 Å². The Hall–Kier alpha value is -2.37. The standard InChI is InChI=1S/C18H22N4O2/c1-13-19-18(24-20-13)15-6-4-9-22(11-15)17(23)12-21-10-8-14-5-2-3-7-16(14)21/h2-3,5,7,15H,4,6,8-12H2,1H3. The van der Waals surface area contributed by atoms with E-state index in [1.807, 2.05) is 17.9 Å². The summed E-state index contributed by atoms with van der Waals surface area (Å²) in [6, 6.07) is 8.35. The van der Waals surface area contributed by atoms with Crippen LogP contribution in [0.3, 0.4) is 0 Å². The fourth-order valence-electron chi connectivity index (χ4n) is 3.72. The number of piperidine rings is 1. The molecule has 0 aliphatic carbocycles. The number of amides is 1. The first-order chi connectivity index (χ1) is 11.7. The predicted molar refractivity (Wildman–Crippen MR) is 89.9 cm³/mol. The van der Waals surface area contributed by atoms with Crippen LogP contribution >= 0.6 is 0 Å². The summed E-state index contributed by atoms with van der Waals surface area (Å²) in [6.07, 6.45) is 3.00. The summed E-state index contributed by atoms with van der Waals surface area (Å²) in [4.78, 5) is 21.2. The summed E-state index contributed by atoms with van der Waals surface area (Å²) in [5, 5.41) is 3.87. The minimum absolute atomic E-state index is 0.162. The number of rotatable bonds is 3. The van der Waals surface area contributed by atoms with Gasteiger partial charge in [-0.1, -0.05) is 23.4 Å². The van der Waals surface area contributed by atoms with E-state index in [2.05, 4.69) is 33.2 Å². The van der Waals surface area contributed by atoms with Gasteiger partial charge in [0.25, 0.3) is 0 Å². The average molecular weight is 326 g/mol. The Bertz CT molecular complexity index is 742. The van der Waals surface area contributed by atoms with Gasteiger partial charge in [-0.05, 0) is 37.8 Å². The van der Waals surface area contributed by atoms with Gasteiger partial charge in [-0.2, -0.15) is 4.98 Å². The number of aryl methyl sites for hydroxylation is 1. The second kappa shape index (κ2) is 6.26. The van der Waals surface area contributed by atoms with Gasteiger partial charge in [0.05, 0.1) is 12.5 Å². The van der Waals surface area contributed by atoms with Crippen molar-refractivity contribution in [2.24, 2.45) is 0 Å². The van der Waals surface area contributed by atoms with E-state index < -0.39 is 0 Å². The van der Waals surface area contributed by atoms with Crippen LogP contribution in [0.25, 0.3) is 0 Å². The molecular weight excluding hydrogens is 304 g/mol. The quantitative estimate of drug-likeness (QED) is 0.865. The van der Waals surface area contributed by atoms with Crippen LogP contribution in [0.4, 0.5) is 5.69 Å². The van der Waals surface area contributed by atoms with Crippen molar-refractivity contribution in [2.75, 3.05) is 31.1 Å². The predicted octanol–water partition coefficient (Wildman–Crippen LogP) is 2.15. The largest absolute Gasteiger partial charge is 0.362 e. The van der Waals surface area contributed by atoms with Crippen LogP contribution in [0.2, 0.25) is 0 Å². The molecule has 0 radical (unpaired) electrons. The number of para-hydroxylation sites is 1. The van der Waals surface area contributed by atoms with E-state index in [1.54, 1.807) is 0 Å². The topological polar surface area (TPSA) is 62.5 Å². The van der Waals surface area contributed by atoms with Crippen LogP contribution in [-0.2, 0) is 11.2 Å². The van der Waals surface area contributed by atoms with Crippen molar-refractivity contribution >= 4 is 11.6 Å². The summed E-state index contributed by atoms with van der Waals surface area (Å²) >= 11 is 0. The number of nitrogens with zero attached hydrogens (tertiary/aromatic N) is 4. The van der Waals surface area contributed by atoms with E-state index in [1.165, 1.54) is 11.3 Å². The molecule has 1 amide bonds. The number of carbonyl (C=O) groups excluding carboxylic acids is 1. The molecule has 1 saturated heterocycles. The third-order valence-corrected chi connectivity index (χ3v) is 4.98. The second-order valence-electron chi connectivity index (χ2n) is 6.66. The monoisotopic (exact) mass is 326 g/mol. The molecule has 2 aliphatic rings. The highest BCUT2D eigenvalue weighted by molar-refractivity contribution is 5.82. The number of benzene rings is 1. The van der Waals surface area contributed by atoms with Crippen LogP contribution in [0, 0.1) is 6.92 Å². The molecule has 4 rings (SSSR count). The maximum atomic E-state index is 12.8. The Morgan fingerprint density at radius 2 is 2.21 bits per heavy atom. The van der Waals surface area contributed by atoms with E-state index in [0.29, 0.717) is 24.8 Å². The van der Waals surface area contributed by atoms with Gasteiger partial charge in [0.1, 0.15) is 0 Å². The van der Waals surface area contributed by atoms with Crippen LogP contribution in [-0.4, -0.2) is 47.1 Å². The van der Waals surface area contributed by atoms with Crippen LogP contribution in [0.5, 0.6) is 0 Å². The lowest BCUT2D eigenvalue weighted by Gasteiger charge is -2.32. The minimum Gasteiger partial charge on any atom is -0.362 e. The Morgan fingerprint density at radius 1 is 1.33 bits per heavy atom. The smallest absolute Gasteiger partial charge is 0.242 e. The molecule has 24 heavy (non-hydrogen) atoms. The molecule has 3 heterocycles. The number of anilines is 1. The number of carbonyl (C=O) groups is 1. The van der Waals surface area contributed by atoms with Crippen molar-refractivity contribution in [3.05, 3.63) is 41.5 Å². The highest BCUT2D eigenvalue weighted by atomic mass is 16.5. The van der Waals surface area contributed by atoms with Crippen LogP contribution in [0.1, 0.15) is 36.0 Å². The minimum atomic E-state index is 0.162. The fraction of sp³-hybridized carbons (Fsp3) is 0.500. The van der Waals surface area contributed by atoms with Crippen molar-refractivity contribution in [2.45, 2.75) is 32.1 Å². The molecule has 0 saturated carbocycles. The number of likely N-dealkylation sites (tertiary alicyclic amines) is 1. The molecule has 6 heteroatoms. The number of hydrogen-bond donors (Lipinski definition) is 0. The van der Waals surface area contributed by atoms with Gasteiger partial charge < -0.3 is 14.3 Å². The number of aromatic nitrogens is 2. The average Bonchev–Trinajstić information content (AvgIpc) is 3.22. The highest BCUT2D eigenvalue weighted by Crippen LogP contribution is 2.29. The van der Waals surface area contributed by atoms with Crippen molar-refractivity contribution in [3.63, 3.8) is 0 Å². The maximum Gasteiger partial charge on any atom is 0.242 e. The molecule has 0 bridgehead atoms. The Kier molecular flexibility index (Phi) is 3.96. The zero-order chi connectivity index (χ0) is 16.5. The van der Waals surface area contributed by atoms with E-state index in [4.69, 9.17) is 4.52 Å². The van der Waals surface area contributed by atoms with Crippen molar-refractivity contribution in [3.8, 4) is 0 Å². The van der Waals surface area contributed by atoms with Gasteiger partial charge in [-0.25, -0.2) is 0 Å². The zero-order valence-electron chi connectivity index (χ0n) is 13.9. The molecule has 0 N–H and O–H groups in total. The first kappa shape index (κ1) is 15.2. The normalized spacial score (nSPS) is 20.3. The van der Waals surface area contributed by atoms with Crippen molar-refractivity contribution in [1.29, 1.82) is 0 Å². The first-order valence-electron chi connectivity index (χ1n) is 8.61. The Labute approximate surface area is 141 Å². The van der Waals surface area contributed by atoms with Gasteiger partial charge in [0.2, 0.25) is 11.8 Å². The van der Waals surface area contributed by atoms with Gasteiger partial charge >= 0.3 is 0 Å². The summed E-state index contributed by atoms with van der Waals surface area (Å²) in [5.41, 5.74) is 2.54. The number of fused-ring (bicyclic) bond motifs is 1. The van der Waals surface area contributed by atoms with Crippen LogP contribution < -0.4 is 4.90 Å². The molecule has 1 atom stereocenters. The van der Waals surface area contributed by atoms with Crippen LogP contribution in [0.15, 0.2) is 28.8 Å². The second-order valence-corrected chi connectivity index (χ2v) is 6.66. The van der Waals surface area contributed by atoms with E-state index in [0.717, 1.165) is 32.4 Å². The highest BCUT2D eigenvalue weighted by Gasteiger charge is 2.30. The summed E-state index contributed by atoms with van der Waals surface area (Å²) in [6.45, 7) is 4.69. The molecule has 6 nitrogen and oxygen atoms in total. The molecule has 2 aliphatic heterocycles. The summed E-state index contributed by atoms with van der Waals surface area (Å²) < 4.78 is 5.30. The lowest BCUT2D eigenvalue weighted by atomic mass is 9.98. The third-order valence-electron chi connectivity index (χ3n) is 4.98. The van der Waals surface area contributed by atoms with Gasteiger partial charge in [0, 0.05) is 25.3 Å². The van der Waals surface area contributed by atoms with Gasteiger partial charge in [-0.3, -0.25) is 4.79 Å². The molecule has 1 unspecified atom stereocenters. The van der Waals surface area contributed by atoms with E-state index in [-0.39, 0.29) is 11.8 Å². The fourth-order valence-corrected chi connectivity index (χ4v) is 3.72. The number of hydrogen-bond acceptors (Lipinski definition) is 5. The molecule has 2 aromatic rings. The summed E-state index contributed by atoms with van der Waals surface area (Å²) in [7, 11) is 0. The molecule has 0 spiro atoms. The summed E-state index contributed by atoms with van der Waals surface area (Å²) in [5.74, 6) is 1.67. The van der Waals surface area contributed by atoms with E-state index in [9.17, 15) is 4.79 Å². The molecule has 1 fully saturated rings. The molecular formula is C18H22N4O2. The third kappa shape index (κ3) is 2.88. The van der Waals surface area contributed by atoms with Crippen molar-refractivity contribution in [1.82, 2.24) is 15.0 Å². The maximum absolute atomic E-state index is 12.8. The Morgan fingerprint density at radius 3 is 3.04 bits per heavy atom. The van der Waals surface area contributed by atoms with E-state index >= 15 is 0 Å². The lowest BCUT2D eigenvalue weighted by molar-refractivity contribution is -0.131. The van der Waals surface area contributed by atoms with Crippen molar-refractivity contribution < 1.29 is 9.32 Å². The SMILES string of the molecule is Cc1noc(C2CCCN(C(=O)CN3CCc4ccccc43)C2)n1. The molecule has 1 aromatic carbocycles. The molecule has 1 aromatic heterocycles. The van der Waals surface area contributed by atoms with Gasteiger partial charge in [0.15, 0.2) is 5.82 Å². The first-order valence-corrected chi connectivity index (χ1v) is 8.61.